The monoisotopic (exact) mass is 1320 g/mol. The first kappa shape index (κ1) is 262. The van der Waals surface area contributed by atoms with E-state index in [1.54, 1.807) is 0 Å². The van der Waals surface area contributed by atoms with Crippen LogP contribution < -0.4 is 0 Å². The predicted octanol–water partition coefficient (Wildman–Crippen LogP) is 3.99. The van der Waals surface area contributed by atoms with Crippen LogP contribution in [0.15, 0.2) is 13.2 Å². The van der Waals surface area contributed by atoms with Crippen LogP contribution in [0.25, 0.3) is 0 Å². The van der Waals surface area contributed by atoms with Crippen molar-refractivity contribution in [1.82, 2.24) is 0 Å². The summed E-state index contributed by atoms with van der Waals surface area (Å²) < 4.78 is 0. The maximum absolute atomic E-state index is 3.00. The molecule has 171 valence electrons. The summed E-state index contributed by atoms with van der Waals surface area (Å²) in [6.07, 6.45) is 0. The Morgan fingerprint density at radius 1 is 0.435 bits per heavy atom. The predicted molar refractivity (Wildman–Crippen MR) is 57.5 cm³/mol. The van der Waals surface area contributed by atoms with Crippen molar-refractivity contribution in [1.29, 1.82) is 0 Å². The van der Waals surface area contributed by atoms with Gasteiger partial charge in [0.05, 0.1) is 0 Å². The molecule has 0 N–H and O–H groups in total. The van der Waals surface area contributed by atoms with Crippen molar-refractivity contribution < 1.29 is 266 Å². The van der Waals surface area contributed by atoms with E-state index in [9.17, 15) is 0 Å². The molecule has 0 bridgehead atoms. The Labute approximate surface area is 328 Å². The fourth-order valence-electron chi connectivity index (χ4n) is 0. The van der Waals surface area contributed by atoms with E-state index in [0.29, 0.717) is 0 Å². The summed E-state index contributed by atoms with van der Waals surface area (Å²) in [5.74, 6) is 0. The van der Waals surface area contributed by atoms with Crippen LogP contribution in [0.2, 0.25) is 0 Å². The Morgan fingerprint density at radius 3 is 0.435 bits per heavy atom. The van der Waals surface area contributed by atoms with Gasteiger partial charge in [0.1, 0.15) is 0 Å². The molecule has 0 spiro atoms. The molecule has 0 unspecified atom stereocenters. The second kappa shape index (κ2) is 359. The van der Waals surface area contributed by atoms with E-state index >= 15 is 0 Å². The van der Waals surface area contributed by atoms with E-state index in [4.69, 9.17) is 0 Å². The van der Waals surface area contributed by atoms with Gasteiger partial charge in [-0.15, -0.1) is 13.2 Å². The maximum Gasteiger partial charge on any atom is 0 e. The van der Waals surface area contributed by atoms with Gasteiger partial charge in [0, 0.05) is 266 Å². The molecule has 0 heterocycles. The van der Waals surface area contributed by atoms with Crippen LogP contribution in [-0.4, -0.2) is 4.93 Å². The van der Waals surface area contributed by atoms with Gasteiger partial charge >= 0.3 is 0 Å². The second-order valence-electron chi connectivity index (χ2n) is 0. The number of hydrogen-bond acceptors (Lipinski definition) is 0. The van der Waals surface area contributed by atoms with Crippen LogP contribution in [-0.2, 0) is 266 Å². The molecule has 16 heteroatoms. The molecule has 0 aliphatic carbocycles. The van der Waals surface area contributed by atoms with Crippen molar-refractivity contribution in [3.05, 3.63) is 28.0 Å². The molecule has 0 saturated carbocycles. The van der Waals surface area contributed by atoms with Crippen molar-refractivity contribution in [2.75, 3.05) is 4.93 Å². The Morgan fingerprint density at radius 2 is 0.435 bits per heavy atom. The molecular formula is C7H21Fe12IVW2-2. The van der Waals surface area contributed by atoms with E-state index in [-0.39, 0.29) is 295 Å². The van der Waals surface area contributed by atoms with E-state index < -0.39 is 0 Å². The zero-order valence-corrected chi connectivity index (χ0v) is 33.0. The molecule has 0 aromatic carbocycles. The first-order chi connectivity index (χ1) is 2.00. The third-order valence-electron chi connectivity index (χ3n) is 0. The van der Waals surface area contributed by atoms with Crippen molar-refractivity contribution in [2.24, 2.45) is 0 Å². The SMILES string of the molecule is C.C.C=C.CI.[CH3-].[CH3-].[Fe].[Fe].[Fe].[Fe].[Fe].[Fe].[Fe].[Fe].[Fe].[Fe].[Fe].[Fe].[V].[W].[W]. The number of rotatable bonds is 0. The van der Waals surface area contributed by atoms with Crippen LogP contribution in [0.1, 0.15) is 14.9 Å². The molecule has 0 aliphatic rings. The molecule has 1 radical (unpaired) electrons. The van der Waals surface area contributed by atoms with E-state index in [1.807, 2.05) is 4.93 Å². The summed E-state index contributed by atoms with van der Waals surface area (Å²) in [4.78, 5) is 1.97. The van der Waals surface area contributed by atoms with Crippen LogP contribution in [0.4, 0.5) is 0 Å². The summed E-state index contributed by atoms with van der Waals surface area (Å²) in [7, 11) is 0. The van der Waals surface area contributed by atoms with Gasteiger partial charge in [-0.1, -0.05) is 37.4 Å². The van der Waals surface area contributed by atoms with Gasteiger partial charge in [-0.2, -0.15) is 0 Å². The molecule has 0 saturated heterocycles. The first-order valence-corrected chi connectivity index (χ1v) is 3.04. The minimum absolute atomic E-state index is 0. The van der Waals surface area contributed by atoms with Gasteiger partial charge in [0.25, 0.3) is 0 Å². The topological polar surface area (TPSA) is 0 Å². The molecule has 0 amide bonds. The molecular weight excluding hydrogens is 1300 g/mol. The molecule has 0 rings (SSSR count). The van der Waals surface area contributed by atoms with Gasteiger partial charge in [-0.3, -0.25) is 0 Å². The Bertz CT molecular complexity index is 39.4. The summed E-state index contributed by atoms with van der Waals surface area (Å²) in [5, 5.41) is 0. The minimum atomic E-state index is 0. The van der Waals surface area contributed by atoms with Crippen LogP contribution in [0.5, 0.6) is 0 Å². The third-order valence-corrected chi connectivity index (χ3v) is 0. The fraction of sp³-hybridized carbons (Fsp3) is 0.429. The zero-order chi connectivity index (χ0) is 4.00. The normalized spacial score (nSPS) is 0.435. The second-order valence-corrected chi connectivity index (χ2v) is 0. The average molecular weight is 1320 g/mol. The third kappa shape index (κ3) is 336. The number of hydrogen-bond donors (Lipinski definition) is 0. The van der Waals surface area contributed by atoms with Crippen LogP contribution >= 0.6 is 22.6 Å². The molecule has 23 heavy (non-hydrogen) atoms. The standard InChI is InChI=1S/C2H4.CH3I.2CH4.2CH3.12Fe.V.2W/c2*1-2;;;;;;;;;;;;;;;;;;;/h1-2H2;1H3;2*1H4;2*1H3;;;;;;;;;;;;;;;/q;;;;2*-1;;;;;;;;;;;;;;;. The van der Waals surface area contributed by atoms with Gasteiger partial charge < -0.3 is 14.9 Å². The van der Waals surface area contributed by atoms with Crippen LogP contribution in [0.3, 0.4) is 0 Å². The van der Waals surface area contributed by atoms with E-state index in [1.165, 1.54) is 0 Å². The smallest absolute Gasteiger partial charge is 0 e. The maximum atomic E-state index is 3.00. The molecule has 0 aromatic rings. The summed E-state index contributed by atoms with van der Waals surface area (Å²) in [6.45, 7) is 6.00. The van der Waals surface area contributed by atoms with E-state index in [0.717, 1.165) is 0 Å². The van der Waals surface area contributed by atoms with Crippen molar-refractivity contribution in [2.45, 2.75) is 14.9 Å². The molecule has 0 atom stereocenters. The van der Waals surface area contributed by atoms with E-state index in [2.05, 4.69) is 35.7 Å². The Hall–Kier alpha value is 8.66. The Balaban J connectivity index is -0.000000000100. The van der Waals surface area contributed by atoms with Gasteiger partial charge in [-0.05, 0) is 4.93 Å². The minimum Gasteiger partial charge on any atom is -0.358 e. The van der Waals surface area contributed by atoms with Gasteiger partial charge in [0.2, 0.25) is 0 Å². The Kier molecular flexibility index (Phi) is 4090. The van der Waals surface area contributed by atoms with Crippen molar-refractivity contribution >= 4 is 22.6 Å². The summed E-state index contributed by atoms with van der Waals surface area (Å²) >= 11 is 2.15. The average Bonchev–Trinajstić information content (AvgIpc) is 1.50. The quantitative estimate of drug-likeness (QED) is 0.113. The first-order valence-electron chi connectivity index (χ1n) is 0.878. The largest absolute Gasteiger partial charge is 0.358 e. The van der Waals surface area contributed by atoms with Gasteiger partial charge in [-0.25, -0.2) is 0 Å². The van der Waals surface area contributed by atoms with Gasteiger partial charge in [0.15, 0.2) is 0 Å². The van der Waals surface area contributed by atoms with Crippen LogP contribution in [0, 0.1) is 14.9 Å². The zero-order valence-electron chi connectivity index (χ0n) is 10.3. The fourth-order valence-corrected chi connectivity index (χ4v) is 0. The molecule has 0 aromatic heterocycles. The molecule has 0 nitrogen and oxygen atoms in total. The summed E-state index contributed by atoms with van der Waals surface area (Å²) in [6, 6.07) is 0. The molecule has 0 fully saturated rings. The van der Waals surface area contributed by atoms with Crippen molar-refractivity contribution in [3.63, 3.8) is 0 Å². The van der Waals surface area contributed by atoms with Crippen molar-refractivity contribution in [3.8, 4) is 0 Å². The molecule has 0 aliphatic heterocycles. The number of alkyl halides is 1. The summed E-state index contributed by atoms with van der Waals surface area (Å²) in [5.41, 5.74) is 0. The number of halogens is 1.